The van der Waals surface area contributed by atoms with Crippen LogP contribution in [0.3, 0.4) is 0 Å². The Morgan fingerprint density at radius 1 is 0.545 bits per heavy atom. The van der Waals surface area contributed by atoms with Gasteiger partial charge in [0.15, 0.2) is 0 Å². The lowest BCUT2D eigenvalue weighted by Gasteiger charge is -2.27. The van der Waals surface area contributed by atoms with Gasteiger partial charge in [0, 0.05) is 12.1 Å². The van der Waals surface area contributed by atoms with E-state index in [0.29, 0.717) is 0 Å². The molecule has 0 fully saturated rings. The van der Waals surface area contributed by atoms with Gasteiger partial charge in [0.25, 0.3) is 0 Å². The van der Waals surface area contributed by atoms with E-state index in [9.17, 15) is 0 Å². The predicted octanol–water partition coefficient (Wildman–Crippen LogP) is 4.24. The average Bonchev–Trinajstić information content (AvgIpc) is 2.35. The van der Waals surface area contributed by atoms with E-state index in [2.05, 4.69) is 65.8 Å². The van der Waals surface area contributed by atoms with Gasteiger partial charge < -0.3 is 11.5 Å². The predicted molar refractivity (Wildman–Crippen MR) is 95.2 cm³/mol. The van der Waals surface area contributed by atoms with Crippen LogP contribution in [0.1, 0.15) is 56.6 Å². The standard InChI is InChI=1S/C20H28N2/c1-11-7-13(3)17(14(4)8-11)19(21)20(22)18-15(5)9-12(2)10-16(18)6/h7-10,19-20H,21-22H2,1-6H3/t19-,20+. The quantitative estimate of drug-likeness (QED) is 0.890. The van der Waals surface area contributed by atoms with Crippen molar-refractivity contribution in [1.29, 1.82) is 0 Å². The van der Waals surface area contributed by atoms with Gasteiger partial charge in [0.05, 0.1) is 0 Å². The van der Waals surface area contributed by atoms with E-state index in [1.807, 2.05) is 0 Å². The van der Waals surface area contributed by atoms with Crippen molar-refractivity contribution < 1.29 is 0 Å². The minimum atomic E-state index is -0.194. The van der Waals surface area contributed by atoms with Crippen LogP contribution in [0.2, 0.25) is 0 Å². The number of aryl methyl sites for hydroxylation is 6. The molecule has 0 saturated heterocycles. The highest BCUT2D eigenvalue weighted by Gasteiger charge is 2.23. The second-order valence-electron chi connectivity index (χ2n) is 6.68. The Labute approximate surface area is 134 Å². The van der Waals surface area contributed by atoms with Crippen molar-refractivity contribution in [3.63, 3.8) is 0 Å². The lowest BCUT2D eigenvalue weighted by Crippen LogP contribution is -2.29. The molecule has 0 aliphatic heterocycles. The van der Waals surface area contributed by atoms with Gasteiger partial charge in [-0.3, -0.25) is 0 Å². The Bertz CT molecular complexity index is 593. The van der Waals surface area contributed by atoms with Crippen molar-refractivity contribution in [1.82, 2.24) is 0 Å². The summed E-state index contributed by atoms with van der Waals surface area (Å²) in [6.45, 7) is 12.7. The first-order valence-electron chi connectivity index (χ1n) is 7.89. The maximum Gasteiger partial charge on any atom is 0.0496 e. The molecule has 2 rings (SSSR count). The second-order valence-corrected chi connectivity index (χ2v) is 6.68. The first-order valence-corrected chi connectivity index (χ1v) is 7.89. The SMILES string of the molecule is Cc1cc(C)c([C@@H](N)[C@@H](N)c2c(C)cc(C)cc2C)c(C)c1. The molecule has 0 aromatic heterocycles. The molecule has 0 saturated carbocycles. The fourth-order valence-corrected chi connectivity index (χ4v) is 3.79. The zero-order chi connectivity index (χ0) is 16.6. The summed E-state index contributed by atoms with van der Waals surface area (Å²) in [7, 11) is 0. The molecule has 0 unspecified atom stereocenters. The van der Waals surface area contributed by atoms with Crippen molar-refractivity contribution in [2.75, 3.05) is 0 Å². The van der Waals surface area contributed by atoms with E-state index in [-0.39, 0.29) is 12.1 Å². The molecule has 0 radical (unpaired) electrons. The number of hydrogen-bond donors (Lipinski definition) is 2. The summed E-state index contributed by atoms with van der Waals surface area (Å²) >= 11 is 0. The van der Waals surface area contributed by atoms with Gasteiger partial charge in [-0.2, -0.15) is 0 Å². The third-order valence-corrected chi connectivity index (χ3v) is 4.53. The largest absolute Gasteiger partial charge is 0.322 e. The molecule has 4 N–H and O–H groups in total. The Kier molecular flexibility index (Phi) is 4.74. The molecule has 2 aromatic rings. The lowest BCUT2D eigenvalue weighted by molar-refractivity contribution is 0.563. The normalized spacial score (nSPS) is 14.0. The lowest BCUT2D eigenvalue weighted by atomic mass is 9.85. The fraction of sp³-hybridized carbons (Fsp3) is 0.400. The molecule has 0 bridgehead atoms. The highest BCUT2D eigenvalue weighted by Crippen LogP contribution is 2.33. The van der Waals surface area contributed by atoms with Crippen LogP contribution in [-0.4, -0.2) is 0 Å². The van der Waals surface area contributed by atoms with E-state index in [0.717, 1.165) is 0 Å². The molecule has 22 heavy (non-hydrogen) atoms. The maximum absolute atomic E-state index is 6.57. The first-order chi connectivity index (χ1) is 10.2. The van der Waals surface area contributed by atoms with Crippen LogP contribution in [0, 0.1) is 41.5 Å². The molecule has 0 aliphatic rings. The average molecular weight is 296 g/mol. The van der Waals surface area contributed by atoms with Gasteiger partial charge in [-0.25, -0.2) is 0 Å². The first kappa shape index (κ1) is 16.7. The molecule has 2 atom stereocenters. The molecule has 2 aromatic carbocycles. The van der Waals surface area contributed by atoms with E-state index in [1.54, 1.807) is 0 Å². The summed E-state index contributed by atoms with van der Waals surface area (Å²) in [5, 5.41) is 0. The van der Waals surface area contributed by atoms with Crippen LogP contribution in [0.25, 0.3) is 0 Å². The van der Waals surface area contributed by atoms with E-state index in [1.165, 1.54) is 44.5 Å². The third-order valence-electron chi connectivity index (χ3n) is 4.53. The summed E-state index contributed by atoms with van der Waals surface area (Å²) in [6, 6.07) is 8.35. The van der Waals surface area contributed by atoms with Crippen molar-refractivity contribution in [3.05, 3.63) is 68.8 Å². The van der Waals surface area contributed by atoms with Gasteiger partial charge in [-0.05, 0) is 74.9 Å². The van der Waals surface area contributed by atoms with Crippen LogP contribution in [0.5, 0.6) is 0 Å². The molecule has 0 aliphatic carbocycles. The summed E-state index contributed by atoms with van der Waals surface area (Å²) in [4.78, 5) is 0. The minimum absolute atomic E-state index is 0.194. The van der Waals surface area contributed by atoms with Gasteiger partial charge in [-0.1, -0.05) is 35.4 Å². The molecule has 2 nitrogen and oxygen atoms in total. The molecule has 0 spiro atoms. The Morgan fingerprint density at radius 2 is 0.773 bits per heavy atom. The monoisotopic (exact) mass is 296 g/mol. The molecular formula is C20H28N2. The molecule has 2 heteroatoms. The van der Waals surface area contributed by atoms with Gasteiger partial charge in [0.2, 0.25) is 0 Å². The Morgan fingerprint density at radius 3 is 1.00 bits per heavy atom. The topological polar surface area (TPSA) is 52.0 Å². The third kappa shape index (κ3) is 3.08. The van der Waals surface area contributed by atoms with E-state index >= 15 is 0 Å². The zero-order valence-corrected chi connectivity index (χ0v) is 14.6. The minimum Gasteiger partial charge on any atom is -0.322 e. The Hall–Kier alpha value is -1.64. The van der Waals surface area contributed by atoms with Crippen LogP contribution in [-0.2, 0) is 0 Å². The summed E-state index contributed by atoms with van der Waals surface area (Å²) in [5.41, 5.74) is 22.9. The van der Waals surface area contributed by atoms with Crippen LogP contribution >= 0.6 is 0 Å². The van der Waals surface area contributed by atoms with E-state index in [4.69, 9.17) is 11.5 Å². The van der Waals surface area contributed by atoms with Gasteiger partial charge >= 0.3 is 0 Å². The van der Waals surface area contributed by atoms with Crippen LogP contribution in [0.4, 0.5) is 0 Å². The highest BCUT2D eigenvalue weighted by molar-refractivity contribution is 5.45. The Balaban J connectivity index is 2.49. The van der Waals surface area contributed by atoms with Crippen LogP contribution in [0.15, 0.2) is 24.3 Å². The number of hydrogen-bond acceptors (Lipinski definition) is 2. The van der Waals surface area contributed by atoms with Gasteiger partial charge in [0.1, 0.15) is 0 Å². The highest BCUT2D eigenvalue weighted by atomic mass is 14.8. The van der Waals surface area contributed by atoms with E-state index < -0.39 is 0 Å². The summed E-state index contributed by atoms with van der Waals surface area (Å²) in [6.07, 6.45) is 0. The zero-order valence-electron chi connectivity index (χ0n) is 14.6. The molecular weight excluding hydrogens is 268 g/mol. The number of rotatable bonds is 3. The smallest absolute Gasteiger partial charge is 0.0496 e. The number of nitrogens with two attached hydrogens (primary N) is 2. The second kappa shape index (κ2) is 6.23. The fourth-order valence-electron chi connectivity index (χ4n) is 3.79. The maximum atomic E-state index is 6.57. The van der Waals surface area contributed by atoms with Crippen molar-refractivity contribution >= 4 is 0 Å². The van der Waals surface area contributed by atoms with Gasteiger partial charge in [-0.15, -0.1) is 0 Å². The van der Waals surface area contributed by atoms with Crippen molar-refractivity contribution in [3.8, 4) is 0 Å². The molecule has 0 heterocycles. The van der Waals surface area contributed by atoms with Crippen molar-refractivity contribution in [2.24, 2.45) is 11.5 Å². The molecule has 0 amide bonds. The summed E-state index contributed by atoms with van der Waals surface area (Å²) in [5.74, 6) is 0. The van der Waals surface area contributed by atoms with Crippen LogP contribution < -0.4 is 11.5 Å². The van der Waals surface area contributed by atoms with Crippen molar-refractivity contribution in [2.45, 2.75) is 53.6 Å². The number of benzene rings is 2. The molecule has 118 valence electrons. The summed E-state index contributed by atoms with van der Waals surface area (Å²) < 4.78 is 0.